The second kappa shape index (κ2) is 17.7. The van der Waals surface area contributed by atoms with Crippen molar-refractivity contribution in [2.24, 2.45) is 5.92 Å². The Balaban J connectivity index is 1.15. The van der Waals surface area contributed by atoms with Gasteiger partial charge in [-0.2, -0.15) is 0 Å². The van der Waals surface area contributed by atoms with Crippen LogP contribution < -0.4 is 0 Å². The summed E-state index contributed by atoms with van der Waals surface area (Å²) < 4.78 is 15.7. The maximum atomic E-state index is 15.5. The fourth-order valence-corrected chi connectivity index (χ4v) is 13.5. The molecule has 12 aromatic carbocycles. The lowest BCUT2D eigenvalue weighted by atomic mass is 9.68. The molecule has 1 saturated heterocycles. The van der Waals surface area contributed by atoms with Gasteiger partial charge in [0, 0.05) is 5.92 Å². The zero-order valence-electron chi connectivity index (χ0n) is 40.8. The molecule has 73 heavy (non-hydrogen) atoms. The molecule has 0 unspecified atom stereocenters. The number of benzene rings is 12. The van der Waals surface area contributed by atoms with Crippen molar-refractivity contribution in [1.29, 1.82) is 0 Å². The molecule has 2 fully saturated rings. The molecule has 4 nitrogen and oxygen atoms in total. The first-order chi connectivity index (χ1) is 36.0. The summed E-state index contributed by atoms with van der Waals surface area (Å²) >= 11 is 0. The van der Waals surface area contributed by atoms with Crippen LogP contribution in [0.2, 0.25) is 0 Å². The highest BCUT2D eigenvalue weighted by Gasteiger charge is 2.61. The summed E-state index contributed by atoms with van der Waals surface area (Å²) in [5.41, 5.74) is -1.08. The van der Waals surface area contributed by atoms with Gasteiger partial charge in [-0.25, -0.2) is 0 Å². The van der Waals surface area contributed by atoms with Gasteiger partial charge in [0.05, 0.1) is 0 Å². The zero-order chi connectivity index (χ0) is 48.7. The minimum absolute atomic E-state index is 0.0321. The van der Waals surface area contributed by atoms with E-state index in [2.05, 4.69) is 218 Å². The highest BCUT2D eigenvalue weighted by atomic mass is 16.7. The van der Waals surface area contributed by atoms with Crippen LogP contribution in [-0.2, 0) is 20.7 Å². The molecule has 1 saturated carbocycles. The van der Waals surface area contributed by atoms with E-state index >= 15 is 10.2 Å². The van der Waals surface area contributed by atoms with E-state index in [1.165, 1.54) is 6.42 Å². The Morgan fingerprint density at radius 2 is 0.521 bits per heavy atom. The van der Waals surface area contributed by atoms with Crippen LogP contribution in [0, 0.1) is 5.92 Å². The summed E-state index contributed by atoms with van der Waals surface area (Å²) in [4.78, 5) is 0. The summed E-state index contributed by atoms with van der Waals surface area (Å²) in [5.74, 6) is 0.0321. The number of hydrogen-bond donors (Lipinski definition) is 2. The van der Waals surface area contributed by atoms with Crippen LogP contribution in [0.5, 0.6) is 0 Å². The van der Waals surface area contributed by atoms with E-state index in [1.807, 2.05) is 0 Å². The molecule has 0 radical (unpaired) electrons. The van der Waals surface area contributed by atoms with Gasteiger partial charge in [0.15, 0.2) is 6.29 Å². The molecule has 0 amide bonds. The van der Waals surface area contributed by atoms with Crippen molar-refractivity contribution in [3.05, 3.63) is 241 Å². The third-order valence-corrected chi connectivity index (χ3v) is 16.9. The summed E-state index contributed by atoms with van der Waals surface area (Å²) in [7, 11) is 0. The average molecular weight is 949 g/mol. The van der Waals surface area contributed by atoms with E-state index in [-0.39, 0.29) is 5.92 Å². The molecule has 1 aliphatic heterocycles. The number of fused-ring (bicyclic) bond motifs is 12. The van der Waals surface area contributed by atoms with Gasteiger partial charge in [0.25, 0.3) is 0 Å². The number of aliphatic hydroxyl groups is 2. The Labute approximate surface area is 425 Å². The first-order valence-electron chi connectivity index (χ1n) is 26.4. The van der Waals surface area contributed by atoms with Crippen molar-refractivity contribution in [3.8, 4) is 0 Å². The van der Waals surface area contributed by atoms with E-state index in [1.54, 1.807) is 0 Å². The van der Waals surface area contributed by atoms with Crippen LogP contribution in [0.3, 0.4) is 0 Å². The Bertz CT molecular complexity index is 3620. The van der Waals surface area contributed by atoms with Crippen LogP contribution >= 0.6 is 0 Å². The molecule has 1 aliphatic carbocycles. The van der Waals surface area contributed by atoms with Crippen LogP contribution in [0.4, 0.5) is 0 Å². The molecule has 0 spiro atoms. The van der Waals surface area contributed by atoms with Gasteiger partial charge in [-0.1, -0.05) is 226 Å². The van der Waals surface area contributed by atoms with Gasteiger partial charge in [-0.15, -0.1) is 0 Å². The van der Waals surface area contributed by atoms with Gasteiger partial charge in [0.2, 0.25) is 0 Å². The highest BCUT2D eigenvalue weighted by molar-refractivity contribution is 6.14. The second-order valence-corrected chi connectivity index (χ2v) is 20.9. The zero-order valence-corrected chi connectivity index (χ0v) is 40.8. The third-order valence-electron chi connectivity index (χ3n) is 16.9. The van der Waals surface area contributed by atoms with Crippen molar-refractivity contribution in [2.75, 3.05) is 0 Å². The lowest BCUT2D eigenvalue weighted by Gasteiger charge is -2.44. The number of hydrogen-bond acceptors (Lipinski definition) is 4. The molecule has 14 rings (SSSR count). The highest BCUT2D eigenvalue weighted by Crippen LogP contribution is 2.55. The summed E-state index contributed by atoms with van der Waals surface area (Å²) in [6.45, 7) is 0. The first-order valence-corrected chi connectivity index (χ1v) is 26.4. The summed E-state index contributed by atoms with van der Waals surface area (Å²) in [6, 6.07) is 76.4. The Kier molecular flexibility index (Phi) is 10.7. The molecule has 12 aromatic rings. The van der Waals surface area contributed by atoms with Gasteiger partial charge < -0.3 is 19.7 Å². The predicted octanol–water partition coefficient (Wildman–Crippen LogP) is 16.6. The quantitative estimate of drug-likeness (QED) is 0.156. The van der Waals surface area contributed by atoms with Gasteiger partial charge >= 0.3 is 0 Å². The SMILES string of the molecule is OC(c1cc2ccccc2c2ccccc12)(c1cc2ccccc2c2ccccc12)[C@H]1OC(C2CCCCCCC2)O[C@@H]1C(O)(c1cc2ccccc2c2ccccc12)c1cc2ccccc2c2ccccc12. The predicted molar refractivity (Wildman–Crippen MR) is 301 cm³/mol. The molecule has 2 atom stereocenters. The average Bonchev–Trinajstić information content (AvgIpc) is 3.91. The van der Waals surface area contributed by atoms with Gasteiger partial charge in [-0.05, 0) is 146 Å². The fraction of sp³-hybridized carbons (Fsp3) is 0.188. The third kappa shape index (κ3) is 6.96. The van der Waals surface area contributed by atoms with E-state index in [0.717, 1.165) is 125 Å². The maximum Gasteiger partial charge on any atom is 0.161 e. The van der Waals surface area contributed by atoms with Crippen molar-refractivity contribution < 1.29 is 19.7 Å². The molecule has 4 heteroatoms. The lowest BCUT2D eigenvalue weighted by molar-refractivity contribution is -0.138. The lowest BCUT2D eigenvalue weighted by Crippen LogP contribution is -2.55. The monoisotopic (exact) mass is 948 g/mol. The van der Waals surface area contributed by atoms with Crippen molar-refractivity contribution in [2.45, 2.75) is 74.6 Å². The van der Waals surface area contributed by atoms with Crippen molar-refractivity contribution >= 4 is 86.2 Å². The Hall–Kier alpha value is -7.44. The van der Waals surface area contributed by atoms with E-state index in [4.69, 9.17) is 9.47 Å². The van der Waals surface area contributed by atoms with Gasteiger partial charge in [-0.3, -0.25) is 0 Å². The largest absolute Gasteiger partial charge is 0.377 e. The maximum absolute atomic E-state index is 15.5. The topological polar surface area (TPSA) is 58.9 Å². The standard InChI is InChI=1S/C69H56O4/c70-68(61-40-45-24-6-10-28-49(45)53-32-14-18-36-57(53)61,62-41-46-25-7-11-29-50(46)54-33-15-19-37-58(54)62)65-66(73-67(72-65)44-22-4-2-1-3-5-23-44)69(71,63-42-47-26-8-12-30-51(47)55-34-16-20-38-59(55)63)64-43-48-27-9-13-31-52(48)56-35-17-21-39-60(56)64/h6-21,24-44,65-67,70-71H,1-5,22-23H2/t65-,66-/m0/s1. The number of ether oxygens (including phenoxy) is 2. The molecule has 0 bridgehead atoms. The van der Waals surface area contributed by atoms with Crippen molar-refractivity contribution in [3.63, 3.8) is 0 Å². The summed E-state index contributed by atoms with van der Waals surface area (Å²) in [6.07, 6.45) is 4.44. The van der Waals surface area contributed by atoms with Gasteiger partial charge in [0.1, 0.15) is 23.4 Å². The van der Waals surface area contributed by atoms with E-state index in [9.17, 15) is 0 Å². The van der Waals surface area contributed by atoms with Crippen LogP contribution in [0.1, 0.15) is 67.2 Å². The van der Waals surface area contributed by atoms with Crippen LogP contribution in [0.25, 0.3) is 86.2 Å². The fourth-order valence-electron chi connectivity index (χ4n) is 13.5. The minimum atomic E-state index is -1.94. The van der Waals surface area contributed by atoms with Crippen molar-refractivity contribution in [1.82, 2.24) is 0 Å². The van der Waals surface area contributed by atoms with Crippen LogP contribution in [-0.4, -0.2) is 28.7 Å². The molecule has 1 heterocycles. The second-order valence-electron chi connectivity index (χ2n) is 20.9. The van der Waals surface area contributed by atoms with E-state index in [0.29, 0.717) is 22.3 Å². The van der Waals surface area contributed by atoms with Crippen LogP contribution in [0.15, 0.2) is 218 Å². The minimum Gasteiger partial charge on any atom is -0.377 e. The summed E-state index contributed by atoms with van der Waals surface area (Å²) in [5, 5.41) is 47.1. The first kappa shape index (κ1) is 44.3. The molecular weight excluding hydrogens is 893 g/mol. The molecule has 0 aromatic heterocycles. The number of rotatable bonds is 7. The molecule has 2 N–H and O–H groups in total. The normalized spacial score (nSPS) is 17.7. The molecular formula is C69H56O4. The van der Waals surface area contributed by atoms with E-state index < -0.39 is 29.7 Å². The molecule has 2 aliphatic rings. The Morgan fingerprint density at radius 3 is 0.808 bits per heavy atom. The Morgan fingerprint density at radius 1 is 0.288 bits per heavy atom. The smallest absolute Gasteiger partial charge is 0.161 e. The molecule has 356 valence electrons.